The van der Waals surface area contributed by atoms with Crippen molar-refractivity contribution in [3.8, 4) is 5.75 Å². The Kier molecular flexibility index (Phi) is 3.19. The Hall–Kier alpha value is -3.02. The molecule has 3 rings (SSSR count). The summed E-state index contributed by atoms with van der Waals surface area (Å²) in [7, 11) is 1.60. The van der Waals surface area contributed by atoms with E-state index in [1.807, 2.05) is 24.3 Å². The lowest BCUT2D eigenvalue weighted by molar-refractivity contribution is 0.0697. The Labute approximate surface area is 120 Å². The van der Waals surface area contributed by atoms with Gasteiger partial charge in [-0.2, -0.15) is 0 Å². The van der Waals surface area contributed by atoms with Crippen LogP contribution in [0.15, 0.2) is 42.5 Å². The molecule has 2 aromatic carbocycles. The molecule has 3 N–H and O–H groups in total. The number of anilines is 2. The first kappa shape index (κ1) is 13.0. The number of carboxylic acids is 1. The zero-order chi connectivity index (χ0) is 14.8. The summed E-state index contributed by atoms with van der Waals surface area (Å²) in [5, 5.41) is 12.1. The Balaban J connectivity index is 1.92. The molecule has 0 saturated carbocycles. The molecule has 0 aliphatic rings. The summed E-state index contributed by atoms with van der Waals surface area (Å²) in [6.45, 7) is 0. The number of fused-ring (bicyclic) bond motifs is 1. The van der Waals surface area contributed by atoms with Crippen LogP contribution in [0.3, 0.4) is 0 Å². The van der Waals surface area contributed by atoms with E-state index < -0.39 is 5.97 Å². The van der Waals surface area contributed by atoms with Gasteiger partial charge in [0.15, 0.2) is 0 Å². The number of carboxylic acid groups (broad SMARTS) is 1. The van der Waals surface area contributed by atoms with Crippen LogP contribution in [0.25, 0.3) is 11.0 Å². The third-order valence-corrected chi connectivity index (χ3v) is 3.06. The lowest BCUT2D eigenvalue weighted by Crippen LogP contribution is -1.94. The van der Waals surface area contributed by atoms with Gasteiger partial charge in [-0.1, -0.05) is 6.07 Å². The van der Waals surface area contributed by atoms with E-state index in [0.29, 0.717) is 17.0 Å². The highest BCUT2D eigenvalue weighted by atomic mass is 16.5. The number of hydrogen-bond donors (Lipinski definition) is 3. The number of methoxy groups -OCH3 is 1. The molecule has 1 heterocycles. The van der Waals surface area contributed by atoms with Gasteiger partial charge >= 0.3 is 5.97 Å². The van der Waals surface area contributed by atoms with Crippen LogP contribution in [0.4, 0.5) is 11.6 Å². The van der Waals surface area contributed by atoms with Gasteiger partial charge in [-0.25, -0.2) is 9.78 Å². The van der Waals surface area contributed by atoms with Crippen LogP contribution in [-0.2, 0) is 0 Å². The van der Waals surface area contributed by atoms with E-state index in [4.69, 9.17) is 9.84 Å². The lowest BCUT2D eigenvalue weighted by atomic mass is 10.2. The number of nitrogens with zero attached hydrogens (tertiary/aromatic N) is 1. The highest BCUT2D eigenvalue weighted by Crippen LogP contribution is 2.22. The second kappa shape index (κ2) is 5.16. The molecule has 0 amide bonds. The van der Waals surface area contributed by atoms with Gasteiger partial charge < -0.3 is 20.1 Å². The van der Waals surface area contributed by atoms with Crippen molar-refractivity contribution in [2.45, 2.75) is 0 Å². The maximum absolute atomic E-state index is 10.9. The molecule has 0 aliphatic carbocycles. The molecule has 3 aromatic rings. The third kappa shape index (κ3) is 2.64. The van der Waals surface area contributed by atoms with Gasteiger partial charge in [-0.05, 0) is 30.3 Å². The van der Waals surface area contributed by atoms with E-state index in [2.05, 4.69) is 15.3 Å². The Bertz CT molecular complexity index is 811. The van der Waals surface area contributed by atoms with E-state index in [9.17, 15) is 4.79 Å². The highest BCUT2D eigenvalue weighted by Gasteiger charge is 2.08. The molecule has 0 fully saturated rings. The van der Waals surface area contributed by atoms with Gasteiger partial charge in [-0.3, -0.25) is 0 Å². The predicted octanol–water partition coefficient (Wildman–Crippen LogP) is 3.01. The molecule has 0 spiro atoms. The number of aromatic amines is 1. The average Bonchev–Trinajstić information content (AvgIpc) is 2.88. The first-order valence-corrected chi connectivity index (χ1v) is 6.30. The maximum atomic E-state index is 10.9. The van der Waals surface area contributed by atoms with E-state index in [1.54, 1.807) is 19.2 Å². The molecule has 21 heavy (non-hydrogen) atoms. The lowest BCUT2D eigenvalue weighted by Gasteiger charge is -2.04. The number of aromatic nitrogens is 2. The number of H-pyrrole nitrogens is 1. The minimum Gasteiger partial charge on any atom is -0.497 e. The maximum Gasteiger partial charge on any atom is 0.335 e. The first-order valence-electron chi connectivity index (χ1n) is 6.30. The van der Waals surface area contributed by atoms with Crippen LogP contribution in [-0.4, -0.2) is 28.2 Å². The number of hydrogen-bond acceptors (Lipinski definition) is 4. The van der Waals surface area contributed by atoms with Crippen molar-refractivity contribution in [3.63, 3.8) is 0 Å². The molecule has 0 atom stereocenters. The fraction of sp³-hybridized carbons (Fsp3) is 0.0667. The van der Waals surface area contributed by atoms with Gasteiger partial charge in [0.25, 0.3) is 0 Å². The number of nitrogens with one attached hydrogen (secondary N) is 2. The molecule has 0 radical (unpaired) electrons. The Morgan fingerprint density at radius 1 is 1.29 bits per heavy atom. The van der Waals surface area contributed by atoms with Gasteiger partial charge in [0.1, 0.15) is 5.75 Å². The zero-order valence-electron chi connectivity index (χ0n) is 11.3. The predicted molar refractivity (Wildman–Crippen MR) is 79.3 cm³/mol. The number of imidazole rings is 1. The number of ether oxygens (including phenoxy) is 1. The SMILES string of the molecule is COc1cccc(Nc2nc3ccc(C(=O)O)cc3[nH]2)c1. The molecule has 0 unspecified atom stereocenters. The summed E-state index contributed by atoms with van der Waals surface area (Å²) in [5.41, 5.74) is 2.41. The zero-order valence-corrected chi connectivity index (χ0v) is 11.3. The molecule has 1 aromatic heterocycles. The quantitative estimate of drug-likeness (QED) is 0.685. The number of aromatic carboxylic acids is 1. The van der Waals surface area contributed by atoms with Crippen molar-refractivity contribution in [2.75, 3.05) is 12.4 Å². The summed E-state index contributed by atoms with van der Waals surface area (Å²) in [4.78, 5) is 18.4. The molecule has 6 nitrogen and oxygen atoms in total. The molecule has 0 aliphatic heterocycles. The van der Waals surface area contributed by atoms with E-state index in [0.717, 1.165) is 11.4 Å². The van der Waals surface area contributed by atoms with Crippen LogP contribution >= 0.6 is 0 Å². The second-order valence-corrected chi connectivity index (χ2v) is 4.48. The van der Waals surface area contributed by atoms with Gasteiger partial charge in [-0.15, -0.1) is 0 Å². The van der Waals surface area contributed by atoms with Crippen molar-refractivity contribution >= 4 is 28.6 Å². The fourth-order valence-electron chi connectivity index (χ4n) is 2.04. The number of rotatable bonds is 4. The van der Waals surface area contributed by atoms with Crippen molar-refractivity contribution in [1.82, 2.24) is 9.97 Å². The van der Waals surface area contributed by atoms with Crippen LogP contribution < -0.4 is 10.1 Å². The van der Waals surface area contributed by atoms with Crippen LogP contribution in [0.2, 0.25) is 0 Å². The summed E-state index contributed by atoms with van der Waals surface area (Å²) in [6.07, 6.45) is 0. The van der Waals surface area contributed by atoms with E-state index in [1.165, 1.54) is 6.07 Å². The van der Waals surface area contributed by atoms with Crippen LogP contribution in [0.5, 0.6) is 5.75 Å². The van der Waals surface area contributed by atoms with Crippen molar-refractivity contribution < 1.29 is 14.6 Å². The molecule has 106 valence electrons. The van der Waals surface area contributed by atoms with Crippen LogP contribution in [0, 0.1) is 0 Å². The molecule has 6 heteroatoms. The second-order valence-electron chi connectivity index (χ2n) is 4.48. The monoisotopic (exact) mass is 283 g/mol. The number of benzene rings is 2. The smallest absolute Gasteiger partial charge is 0.335 e. The third-order valence-electron chi connectivity index (χ3n) is 3.06. The standard InChI is InChI=1S/C15H13N3O3/c1-21-11-4-2-3-10(8-11)16-15-17-12-6-5-9(14(19)20)7-13(12)18-15/h2-8H,1H3,(H,19,20)(H2,16,17,18). The molecule has 0 bridgehead atoms. The van der Waals surface area contributed by atoms with Crippen molar-refractivity contribution in [1.29, 1.82) is 0 Å². The fourth-order valence-corrected chi connectivity index (χ4v) is 2.04. The summed E-state index contributed by atoms with van der Waals surface area (Å²) in [6, 6.07) is 12.2. The molecular formula is C15H13N3O3. The molecular weight excluding hydrogens is 270 g/mol. The topological polar surface area (TPSA) is 87.2 Å². The van der Waals surface area contributed by atoms with Crippen molar-refractivity contribution in [3.05, 3.63) is 48.0 Å². The minimum absolute atomic E-state index is 0.221. The Morgan fingerprint density at radius 3 is 2.90 bits per heavy atom. The Morgan fingerprint density at radius 2 is 2.14 bits per heavy atom. The number of carbonyl (C=O) groups is 1. The summed E-state index contributed by atoms with van der Waals surface area (Å²) < 4.78 is 5.16. The summed E-state index contributed by atoms with van der Waals surface area (Å²) >= 11 is 0. The van der Waals surface area contributed by atoms with Gasteiger partial charge in [0.2, 0.25) is 5.95 Å². The van der Waals surface area contributed by atoms with Gasteiger partial charge in [0.05, 0.1) is 23.7 Å². The van der Waals surface area contributed by atoms with Gasteiger partial charge in [0, 0.05) is 11.8 Å². The minimum atomic E-state index is -0.964. The highest BCUT2D eigenvalue weighted by molar-refractivity contribution is 5.92. The normalized spacial score (nSPS) is 10.5. The first-order chi connectivity index (χ1) is 10.2. The molecule has 0 saturated heterocycles. The van der Waals surface area contributed by atoms with Crippen molar-refractivity contribution in [2.24, 2.45) is 0 Å². The largest absolute Gasteiger partial charge is 0.497 e. The van der Waals surface area contributed by atoms with E-state index in [-0.39, 0.29) is 5.56 Å². The average molecular weight is 283 g/mol. The van der Waals surface area contributed by atoms with E-state index >= 15 is 0 Å². The summed E-state index contributed by atoms with van der Waals surface area (Å²) in [5.74, 6) is 0.318. The van der Waals surface area contributed by atoms with Crippen LogP contribution in [0.1, 0.15) is 10.4 Å².